The third kappa shape index (κ3) is 3.40. The fraction of sp³-hybridized carbons (Fsp3) is 0.375. The molecule has 0 aliphatic carbocycles. The Hall–Kier alpha value is -1.19. The van der Waals surface area contributed by atoms with Crippen molar-refractivity contribution in [3.8, 4) is 5.75 Å². The highest BCUT2D eigenvalue weighted by molar-refractivity contribution is 9.08. The molecule has 0 saturated carbocycles. The van der Waals surface area contributed by atoms with Crippen LogP contribution < -0.4 is 10.2 Å². The Labute approximate surface area is 104 Å². The molecule has 0 bridgehead atoms. The average Bonchev–Trinajstić information content (AvgIpc) is 2.17. The summed E-state index contributed by atoms with van der Waals surface area (Å²) in [7, 11) is 0. The number of aromatic amines is 1. The monoisotopic (exact) mass is 339 g/mol. The molecule has 3 nitrogen and oxygen atoms in total. The summed E-state index contributed by atoms with van der Waals surface area (Å²) in [6.07, 6.45) is -10.0. The van der Waals surface area contributed by atoms with E-state index < -0.39 is 35.0 Å². The molecule has 18 heavy (non-hydrogen) atoms. The maximum absolute atomic E-state index is 12.3. The molecule has 0 fully saturated rings. The van der Waals surface area contributed by atoms with E-state index in [9.17, 15) is 31.1 Å². The van der Waals surface area contributed by atoms with E-state index in [2.05, 4.69) is 20.7 Å². The Bertz CT molecular complexity index is 492. The van der Waals surface area contributed by atoms with Crippen LogP contribution in [0.4, 0.5) is 26.3 Å². The quantitative estimate of drug-likeness (QED) is 0.664. The van der Waals surface area contributed by atoms with Crippen molar-refractivity contribution < 1.29 is 31.1 Å². The molecule has 102 valence electrons. The predicted molar refractivity (Wildman–Crippen MR) is 51.4 cm³/mol. The van der Waals surface area contributed by atoms with E-state index >= 15 is 0 Å². The lowest BCUT2D eigenvalue weighted by Crippen LogP contribution is -2.27. The maximum Gasteiger partial charge on any atom is 0.573 e. The molecule has 0 aliphatic rings. The van der Waals surface area contributed by atoms with Crippen molar-refractivity contribution in [2.45, 2.75) is 17.9 Å². The summed E-state index contributed by atoms with van der Waals surface area (Å²) in [5.41, 5.74) is -4.07. The van der Waals surface area contributed by atoms with Crippen molar-refractivity contribution in [3.63, 3.8) is 0 Å². The minimum atomic E-state index is -5.26. The van der Waals surface area contributed by atoms with E-state index in [0.29, 0.717) is 6.20 Å². The van der Waals surface area contributed by atoms with Crippen molar-refractivity contribution >= 4 is 15.9 Å². The number of nitrogens with one attached hydrogen (secondary N) is 1. The number of alkyl halides is 7. The Kier molecular flexibility index (Phi) is 3.99. The molecule has 0 amide bonds. The Morgan fingerprint density at radius 3 is 2.17 bits per heavy atom. The fourth-order valence-electron chi connectivity index (χ4n) is 1.08. The van der Waals surface area contributed by atoms with E-state index in [1.807, 2.05) is 4.98 Å². The zero-order chi connectivity index (χ0) is 14.1. The molecular formula is C8H4BrF6NO2. The minimum absolute atomic E-state index is 0.294. The molecule has 1 rings (SSSR count). The molecule has 0 aromatic carbocycles. The molecule has 10 heteroatoms. The van der Waals surface area contributed by atoms with Gasteiger partial charge in [0.05, 0.1) is 5.69 Å². The Morgan fingerprint density at radius 1 is 1.22 bits per heavy atom. The minimum Gasteiger partial charge on any atom is -0.400 e. The number of rotatable bonds is 2. The predicted octanol–water partition coefficient (Wildman–Crippen LogP) is 3.19. The second kappa shape index (κ2) is 4.82. The third-order valence-electron chi connectivity index (χ3n) is 1.77. The van der Waals surface area contributed by atoms with Gasteiger partial charge in [-0.2, -0.15) is 13.2 Å². The SMILES string of the molecule is O=c1c(C(F)(F)F)c[nH]c(CBr)c1OC(F)(F)F. The van der Waals surface area contributed by atoms with Crippen molar-refractivity contribution in [1.82, 2.24) is 4.98 Å². The summed E-state index contributed by atoms with van der Waals surface area (Å²) >= 11 is 2.73. The second-order valence-corrected chi connectivity index (χ2v) is 3.58. The Balaban J connectivity index is 3.42. The second-order valence-electron chi connectivity index (χ2n) is 3.02. The first-order valence-electron chi connectivity index (χ1n) is 4.19. The van der Waals surface area contributed by atoms with Gasteiger partial charge in [-0.25, -0.2) is 0 Å². The highest BCUT2D eigenvalue weighted by Gasteiger charge is 2.39. The first-order chi connectivity index (χ1) is 8.06. The van der Waals surface area contributed by atoms with Crippen molar-refractivity contribution in [1.29, 1.82) is 0 Å². The standard InChI is InChI=1S/C8H4BrF6NO2/c9-1-4-6(18-8(13,14)15)5(17)3(2-16-4)7(10,11)12/h2H,1H2,(H,16,17). The van der Waals surface area contributed by atoms with Crippen LogP contribution in [-0.2, 0) is 11.5 Å². The number of pyridine rings is 1. The normalized spacial score (nSPS) is 12.6. The lowest BCUT2D eigenvalue weighted by atomic mass is 10.2. The van der Waals surface area contributed by atoms with Crippen LogP contribution in [0.5, 0.6) is 5.75 Å². The van der Waals surface area contributed by atoms with Crippen LogP contribution in [0.2, 0.25) is 0 Å². The molecule has 0 spiro atoms. The summed E-state index contributed by atoms with van der Waals surface area (Å²) in [4.78, 5) is 13.2. The van der Waals surface area contributed by atoms with Crippen LogP contribution in [0.15, 0.2) is 11.0 Å². The van der Waals surface area contributed by atoms with E-state index in [1.54, 1.807) is 0 Å². The van der Waals surface area contributed by atoms with Gasteiger partial charge >= 0.3 is 12.5 Å². The van der Waals surface area contributed by atoms with Gasteiger partial charge in [0.2, 0.25) is 5.43 Å². The summed E-state index contributed by atoms with van der Waals surface area (Å²) in [6, 6.07) is 0. The molecule has 0 saturated heterocycles. The summed E-state index contributed by atoms with van der Waals surface area (Å²) < 4.78 is 76.3. The zero-order valence-electron chi connectivity index (χ0n) is 8.25. The molecule has 1 N–H and O–H groups in total. The van der Waals surface area contributed by atoms with Gasteiger partial charge in [0, 0.05) is 11.5 Å². The van der Waals surface area contributed by atoms with Gasteiger partial charge in [-0.15, -0.1) is 13.2 Å². The average molecular weight is 340 g/mol. The first-order valence-corrected chi connectivity index (χ1v) is 5.32. The number of ether oxygens (including phenoxy) is 1. The number of aromatic nitrogens is 1. The molecule has 0 atom stereocenters. The summed E-state index contributed by atoms with van der Waals surface area (Å²) in [5, 5.41) is -0.300. The molecule has 0 unspecified atom stereocenters. The molecular weight excluding hydrogens is 336 g/mol. The number of hydrogen-bond donors (Lipinski definition) is 1. The van der Waals surface area contributed by atoms with E-state index in [1.165, 1.54) is 0 Å². The van der Waals surface area contributed by atoms with Crippen LogP contribution in [-0.4, -0.2) is 11.3 Å². The number of hydrogen-bond acceptors (Lipinski definition) is 2. The van der Waals surface area contributed by atoms with Crippen molar-refractivity contribution in [2.75, 3.05) is 0 Å². The topological polar surface area (TPSA) is 42.1 Å². The van der Waals surface area contributed by atoms with Crippen LogP contribution in [0.1, 0.15) is 11.3 Å². The van der Waals surface area contributed by atoms with Crippen LogP contribution in [0, 0.1) is 0 Å². The van der Waals surface area contributed by atoms with Gasteiger partial charge in [0.15, 0.2) is 5.75 Å². The van der Waals surface area contributed by atoms with Crippen LogP contribution in [0.3, 0.4) is 0 Å². The summed E-state index contributed by atoms with van der Waals surface area (Å²) in [5.74, 6) is -1.42. The third-order valence-corrected chi connectivity index (χ3v) is 2.33. The molecule has 1 heterocycles. The van der Waals surface area contributed by atoms with Crippen LogP contribution >= 0.6 is 15.9 Å². The molecule has 0 aliphatic heterocycles. The lowest BCUT2D eigenvalue weighted by molar-refractivity contribution is -0.275. The smallest absolute Gasteiger partial charge is 0.400 e. The van der Waals surface area contributed by atoms with Gasteiger partial charge in [-0.1, -0.05) is 15.9 Å². The highest BCUT2D eigenvalue weighted by Crippen LogP contribution is 2.30. The summed E-state index contributed by atoms with van der Waals surface area (Å²) in [6.45, 7) is 0. The van der Waals surface area contributed by atoms with Gasteiger partial charge in [-0.05, 0) is 0 Å². The lowest BCUT2D eigenvalue weighted by Gasteiger charge is -2.13. The van der Waals surface area contributed by atoms with Crippen LogP contribution in [0.25, 0.3) is 0 Å². The first kappa shape index (κ1) is 14.9. The molecule has 0 radical (unpaired) electrons. The van der Waals surface area contributed by atoms with Gasteiger partial charge in [0.25, 0.3) is 0 Å². The van der Waals surface area contributed by atoms with Gasteiger partial charge in [0.1, 0.15) is 5.56 Å². The van der Waals surface area contributed by atoms with E-state index in [0.717, 1.165) is 0 Å². The van der Waals surface area contributed by atoms with E-state index in [4.69, 9.17) is 0 Å². The maximum atomic E-state index is 12.3. The zero-order valence-corrected chi connectivity index (χ0v) is 9.83. The van der Waals surface area contributed by atoms with Gasteiger partial charge in [-0.3, -0.25) is 4.79 Å². The van der Waals surface area contributed by atoms with E-state index in [-0.39, 0.29) is 5.33 Å². The number of H-pyrrole nitrogens is 1. The van der Waals surface area contributed by atoms with Crippen molar-refractivity contribution in [3.05, 3.63) is 27.7 Å². The largest absolute Gasteiger partial charge is 0.573 e. The van der Waals surface area contributed by atoms with Gasteiger partial charge < -0.3 is 9.72 Å². The molecule has 1 aromatic rings. The van der Waals surface area contributed by atoms with Crippen molar-refractivity contribution in [2.24, 2.45) is 0 Å². The fourth-order valence-corrected chi connectivity index (χ4v) is 1.50. The highest BCUT2D eigenvalue weighted by atomic mass is 79.9. The molecule has 1 aromatic heterocycles. The Morgan fingerprint density at radius 2 is 1.78 bits per heavy atom. The number of halogens is 7.